The maximum absolute atomic E-state index is 4.67. The Kier molecular flexibility index (Phi) is 11.6. The normalized spacial score (nSPS) is 16.5. The summed E-state index contributed by atoms with van der Waals surface area (Å²) in [4.78, 5) is 13.0. The zero-order valence-corrected chi connectivity index (χ0v) is 19.0. The summed E-state index contributed by atoms with van der Waals surface area (Å²) >= 11 is 1.76. The number of aliphatic imine (C=N–C) groups is 1. The van der Waals surface area contributed by atoms with E-state index in [0.717, 1.165) is 36.4 Å². The van der Waals surface area contributed by atoms with E-state index in [1.165, 1.54) is 43.8 Å². The molecule has 144 valence electrons. The molecule has 0 atom stereocenters. The van der Waals surface area contributed by atoms with Gasteiger partial charge in [0.2, 0.25) is 0 Å². The number of aromatic nitrogens is 1. The van der Waals surface area contributed by atoms with Crippen LogP contribution in [0.15, 0.2) is 11.2 Å². The first-order valence-electron chi connectivity index (χ1n) is 9.43. The van der Waals surface area contributed by atoms with Crippen molar-refractivity contribution in [2.45, 2.75) is 53.0 Å². The Hall–Kier alpha value is -0.410. The monoisotopic (exact) mass is 479 g/mol. The first-order chi connectivity index (χ1) is 11.7. The molecule has 1 aliphatic heterocycles. The van der Waals surface area contributed by atoms with Crippen molar-refractivity contribution in [3.63, 3.8) is 0 Å². The second-order valence-electron chi connectivity index (χ2n) is 6.36. The van der Waals surface area contributed by atoms with E-state index < -0.39 is 0 Å². The Bertz CT molecular complexity index is 497. The first-order valence-corrected chi connectivity index (χ1v) is 10.2. The Morgan fingerprint density at radius 2 is 2.04 bits per heavy atom. The minimum Gasteiger partial charge on any atom is -0.357 e. The van der Waals surface area contributed by atoms with Gasteiger partial charge in [0, 0.05) is 24.2 Å². The summed E-state index contributed by atoms with van der Waals surface area (Å²) in [7, 11) is 0. The summed E-state index contributed by atoms with van der Waals surface area (Å²) in [6.45, 7) is 12.8. The van der Waals surface area contributed by atoms with E-state index in [2.05, 4.69) is 46.3 Å². The van der Waals surface area contributed by atoms with Crippen LogP contribution in [-0.2, 0) is 13.0 Å². The van der Waals surface area contributed by atoms with E-state index in [4.69, 9.17) is 0 Å². The number of hydrogen-bond donors (Lipinski definition) is 2. The number of thiazole rings is 1. The van der Waals surface area contributed by atoms with Crippen LogP contribution in [0.2, 0.25) is 0 Å². The molecule has 2 N–H and O–H groups in total. The van der Waals surface area contributed by atoms with Gasteiger partial charge in [-0.25, -0.2) is 9.98 Å². The van der Waals surface area contributed by atoms with E-state index in [-0.39, 0.29) is 24.0 Å². The summed E-state index contributed by atoms with van der Waals surface area (Å²) in [5, 5.41) is 7.91. The summed E-state index contributed by atoms with van der Waals surface area (Å²) in [5.74, 6) is 1.77. The van der Waals surface area contributed by atoms with Crippen LogP contribution in [0, 0.1) is 5.92 Å². The molecule has 1 aromatic heterocycles. The lowest BCUT2D eigenvalue weighted by atomic mass is 9.93. The molecule has 25 heavy (non-hydrogen) atoms. The maximum atomic E-state index is 4.67. The van der Waals surface area contributed by atoms with Crippen LogP contribution in [0.3, 0.4) is 0 Å². The van der Waals surface area contributed by atoms with Gasteiger partial charge in [-0.2, -0.15) is 0 Å². The lowest BCUT2D eigenvalue weighted by molar-refractivity contribution is 0.187. The van der Waals surface area contributed by atoms with Gasteiger partial charge in [0.25, 0.3) is 0 Å². The number of rotatable bonds is 8. The Morgan fingerprint density at radius 1 is 1.28 bits per heavy atom. The van der Waals surface area contributed by atoms with Crippen molar-refractivity contribution >= 4 is 41.3 Å². The maximum Gasteiger partial charge on any atom is 0.191 e. The van der Waals surface area contributed by atoms with Crippen LogP contribution in [0.5, 0.6) is 0 Å². The van der Waals surface area contributed by atoms with Gasteiger partial charge in [-0.15, -0.1) is 35.3 Å². The largest absolute Gasteiger partial charge is 0.357 e. The number of likely N-dealkylation sites (tertiary alicyclic amines) is 1. The van der Waals surface area contributed by atoms with Gasteiger partial charge in [-0.1, -0.05) is 13.8 Å². The molecule has 0 unspecified atom stereocenters. The van der Waals surface area contributed by atoms with Crippen molar-refractivity contribution in [1.82, 2.24) is 20.5 Å². The summed E-state index contributed by atoms with van der Waals surface area (Å²) < 4.78 is 0. The van der Waals surface area contributed by atoms with E-state index in [9.17, 15) is 0 Å². The van der Waals surface area contributed by atoms with E-state index in [0.29, 0.717) is 6.54 Å². The highest BCUT2D eigenvalue weighted by Crippen LogP contribution is 2.19. The molecular weight excluding hydrogens is 445 g/mol. The molecule has 0 spiro atoms. The van der Waals surface area contributed by atoms with E-state index in [1.807, 2.05) is 6.20 Å². The van der Waals surface area contributed by atoms with Crippen molar-refractivity contribution < 1.29 is 0 Å². The molecule has 0 amide bonds. The Morgan fingerprint density at radius 3 is 2.64 bits per heavy atom. The average Bonchev–Trinajstić information content (AvgIpc) is 3.08. The predicted octanol–water partition coefficient (Wildman–Crippen LogP) is 3.50. The lowest BCUT2D eigenvalue weighted by Gasteiger charge is -2.31. The third-order valence-electron chi connectivity index (χ3n) is 4.67. The van der Waals surface area contributed by atoms with Crippen LogP contribution in [0.4, 0.5) is 0 Å². The third kappa shape index (κ3) is 8.21. The van der Waals surface area contributed by atoms with Crippen molar-refractivity contribution in [3.8, 4) is 0 Å². The van der Waals surface area contributed by atoms with Gasteiger partial charge < -0.3 is 15.5 Å². The molecule has 1 aromatic rings. The number of piperidine rings is 1. The second kappa shape index (κ2) is 12.9. The molecule has 1 saturated heterocycles. The van der Waals surface area contributed by atoms with Crippen molar-refractivity contribution in [2.75, 3.05) is 32.7 Å². The Labute approximate surface area is 174 Å². The molecule has 1 fully saturated rings. The van der Waals surface area contributed by atoms with Gasteiger partial charge in [0.1, 0.15) is 5.01 Å². The molecule has 0 bridgehead atoms. The van der Waals surface area contributed by atoms with Crippen molar-refractivity contribution in [2.24, 2.45) is 10.9 Å². The number of nitrogens with zero attached hydrogens (tertiary/aromatic N) is 3. The third-order valence-corrected chi connectivity index (χ3v) is 5.79. The smallest absolute Gasteiger partial charge is 0.191 e. The first kappa shape index (κ1) is 22.6. The van der Waals surface area contributed by atoms with Gasteiger partial charge in [0.05, 0.1) is 6.54 Å². The average molecular weight is 479 g/mol. The quantitative estimate of drug-likeness (QED) is 0.341. The zero-order valence-electron chi connectivity index (χ0n) is 15.9. The highest BCUT2D eigenvalue weighted by molar-refractivity contribution is 14.0. The number of nitrogens with one attached hydrogen (secondary N) is 2. The second-order valence-corrected chi connectivity index (χ2v) is 7.56. The molecule has 0 aromatic carbocycles. The SMILES string of the molecule is CCNC(=NCc1ncc(CC)s1)NCCC1CCN(CC)CC1.I. The fraction of sp³-hybridized carbons (Fsp3) is 0.778. The standard InChI is InChI=1S/C18H33N5S.HI/c1-4-16-13-21-17(24-16)14-22-18(19-5-2)20-10-7-15-8-11-23(6-3)12-9-15;/h13,15H,4-12,14H2,1-3H3,(H2,19,20,22);1H. The van der Waals surface area contributed by atoms with Crippen molar-refractivity contribution in [3.05, 3.63) is 16.1 Å². The lowest BCUT2D eigenvalue weighted by Crippen LogP contribution is -2.39. The molecule has 0 radical (unpaired) electrons. The number of halogens is 1. The number of aryl methyl sites for hydroxylation is 1. The molecule has 0 aliphatic carbocycles. The predicted molar refractivity (Wildman–Crippen MR) is 119 cm³/mol. The fourth-order valence-electron chi connectivity index (χ4n) is 3.06. The van der Waals surface area contributed by atoms with Crippen LogP contribution in [0.1, 0.15) is 49.9 Å². The molecule has 5 nitrogen and oxygen atoms in total. The highest BCUT2D eigenvalue weighted by atomic mass is 127. The zero-order chi connectivity index (χ0) is 17.2. The van der Waals surface area contributed by atoms with Gasteiger partial charge >= 0.3 is 0 Å². The molecule has 2 rings (SSSR count). The molecule has 0 saturated carbocycles. The molecule has 2 heterocycles. The van der Waals surface area contributed by atoms with Crippen LogP contribution < -0.4 is 10.6 Å². The Balaban J connectivity index is 0.00000312. The summed E-state index contributed by atoms with van der Waals surface area (Å²) in [6.07, 6.45) is 6.93. The molecular formula is C18H34IN5S. The molecule has 7 heteroatoms. The van der Waals surface area contributed by atoms with E-state index >= 15 is 0 Å². The van der Waals surface area contributed by atoms with Crippen LogP contribution in [-0.4, -0.2) is 48.6 Å². The van der Waals surface area contributed by atoms with Crippen LogP contribution in [0.25, 0.3) is 0 Å². The van der Waals surface area contributed by atoms with Crippen molar-refractivity contribution in [1.29, 1.82) is 0 Å². The van der Waals surface area contributed by atoms with Crippen LogP contribution >= 0.6 is 35.3 Å². The minimum absolute atomic E-state index is 0. The van der Waals surface area contributed by atoms with Gasteiger partial charge in [-0.3, -0.25) is 0 Å². The number of guanidine groups is 1. The van der Waals surface area contributed by atoms with E-state index in [1.54, 1.807) is 11.3 Å². The fourth-order valence-corrected chi connectivity index (χ4v) is 3.85. The highest BCUT2D eigenvalue weighted by Gasteiger charge is 2.17. The van der Waals surface area contributed by atoms with Gasteiger partial charge in [0.15, 0.2) is 5.96 Å². The summed E-state index contributed by atoms with van der Waals surface area (Å²) in [5.41, 5.74) is 0. The topological polar surface area (TPSA) is 52.6 Å². The van der Waals surface area contributed by atoms with Gasteiger partial charge in [-0.05, 0) is 58.2 Å². The molecule has 1 aliphatic rings. The summed E-state index contributed by atoms with van der Waals surface area (Å²) in [6, 6.07) is 0. The number of hydrogen-bond acceptors (Lipinski definition) is 4. The minimum atomic E-state index is 0.